The number of hydrogen-bond acceptors (Lipinski definition) is 2. The number of rotatable bonds is 2. The van der Waals surface area contributed by atoms with Crippen LogP contribution in [0, 0.1) is 10.5 Å². The maximum Gasteiger partial charge on any atom is 0.265 e. The van der Waals surface area contributed by atoms with Gasteiger partial charge in [0.25, 0.3) is 5.91 Å². The molecule has 2 rings (SSSR count). The average Bonchev–Trinajstić information content (AvgIpc) is 2.69. The van der Waals surface area contributed by atoms with Crippen LogP contribution >= 0.6 is 45.5 Å². The van der Waals surface area contributed by atoms with Crippen LogP contribution < -0.4 is 5.32 Å². The molecule has 0 aliphatic heterocycles. The second kappa shape index (κ2) is 5.37. The van der Waals surface area contributed by atoms with Gasteiger partial charge in [-0.3, -0.25) is 4.79 Å². The van der Waals surface area contributed by atoms with Crippen molar-refractivity contribution >= 4 is 57.1 Å². The van der Waals surface area contributed by atoms with E-state index in [4.69, 9.17) is 11.6 Å². The summed E-state index contributed by atoms with van der Waals surface area (Å²) < 4.78 is 0.928. The zero-order chi connectivity index (χ0) is 12.4. The van der Waals surface area contributed by atoms with E-state index in [1.165, 1.54) is 11.3 Å². The standard InChI is InChI=1S/C12H9ClINOS/c1-7-2-5-11(17-7)12(16)15-10-4-3-8(13)6-9(10)14/h2-6H,1H3,(H,15,16). The number of anilines is 1. The smallest absolute Gasteiger partial charge is 0.265 e. The van der Waals surface area contributed by atoms with E-state index >= 15 is 0 Å². The quantitative estimate of drug-likeness (QED) is 0.763. The number of carbonyl (C=O) groups excluding carboxylic acids is 1. The van der Waals surface area contributed by atoms with Crippen LogP contribution in [0.2, 0.25) is 5.02 Å². The molecular weight excluding hydrogens is 369 g/mol. The molecule has 2 aromatic rings. The lowest BCUT2D eigenvalue weighted by atomic mass is 10.3. The Morgan fingerprint density at radius 3 is 2.71 bits per heavy atom. The highest BCUT2D eigenvalue weighted by Crippen LogP contribution is 2.24. The number of aryl methyl sites for hydroxylation is 1. The van der Waals surface area contributed by atoms with Crippen LogP contribution in [0.15, 0.2) is 30.3 Å². The van der Waals surface area contributed by atoms with Crippen molar-refractivity contribution in [3.63, 3.8) is 0 Å². The van der Waals surface area contributed by atoms with Crippen molar-refractivity contribution in [1.82, 2.24) is 0 Å². The third kappa shape index (κ3) is 3.20. The van der Waals surface area contributed by atoms with Crippen molar-refractivity contribution in [2.75, 3.05) is 5.32 Å². The summed E-state index contributed by atoms with van der Waals surface area (Å²) in [5.74, 6) is -0.0802. The van der Waals surface area contributed by atoms with Gasteiger partial charge in [0.15, 0.2) is 0 Å². The van der Waals surface area contributed by atoms with E-state index in [0.29, 0.717) is 9.90 Å². The highest BCUT2D eigenvalue weighted by Gasteiger charge is 2.10. The molecule has 0 radical (unpaired) electrons. The molecule has 1 aromatic heterocycles. The van der Waals surface area contributed by atoms with E-state index in [2.05, 4.69) is 27.9 Å². The van der Waals surface area contributed by atoms with Gasteiger partial charge in [0.1, 0.15) is 0 Å². The Kier molecular flexibility index (Phi) is 4.06. The van der Waals surface area contributed by atoms with E-state index in [9.17, 15) is 4.79 Å². The Morgan fingerprint density at radius 2 is 2.12 bits per heavy atom. The molecule has 2 nitrogen and oxygen atoms in total. The van der Waals surface area contributed by atoms with Crippen LogP contribution in [0.3, 0.4) is 0 Å². The fourth-order valence-corrected chi connectivity index (χ4v) is 3.10. The molecule has 0 fully saturated rings. The van der Waals surface area contributed by atoms with E-state index in [0.717, 1.165) is 14.1 Å². The first kappa shape index (κ1) is 12.9. The van der Waals surface area contributed by atoms with Crippen LogP contribution in [0.25, 0.3) is 0 Å². The number of halogens is 2. The molecule has 1 amide bonds. The van der Waals surface area contributed by atoms with Gasteiger partial charge in [0.05, 0.1) is 10.6 Å². The SMILES string of the molecule is Cc1ccc(C(=O)Nc2ccc(Cl)cc2I)s1. The average molecular weight is 378 g/mol. The Balaban J connectivity index is 2.18. The van der Waals surface area contributed by atoms with Crippen molar-refractivity contribution in [3.05, 3.63) is 48.7 Å². The van der Waals surface area contributed by atoms with E-state index in [1.54, 1.807) is 6.07 Å². The van der Waals surface area contributed by atoms with E-state index in [-0.39, 0.29) is 5.91 Å². The minimum atomic E-state index is -0.0802. The summed E-state index contributed by atoms with van der Waals surface area (Å²) >= 11 is 9.49. The van der Waals surface area contributed by atoms with Crippen molar-refractivity contribution in [3.8, 4) is 0 Å². The first-order valence-electron chi connectivity index (χ1n) is 4.89. The molecule has 0 atom stereocenters. The van der Waals surface area contributed by atoms with Crippen LogP contribution in [-0.2, 0) is 0 Å². The van der Waals surface area contributed by atoms with Gasteiger partial charge >= 0.3 is 0 Å². The fraction of sp³-hybridized carbons (Fsp3) is 0.0833. The molecule has 0 saturated heterocycles. The summed E-state index contributed by atoms with van der Waals surface area (Å²) in [5.41, 5.74) is 0.783. The Bertz CT molecular complexity index is 567. The lowest BCUT2D eigenvalue weighted by Gasteiger charge is -2.06. The van der Waals surface area contributed by atoms with Gasteiger partial charge in [-0.2, -0.15) is 0 Å². The monoisotopic (exact) mass is 377 g/mol. The van der Waals surface area contributed by atoms with Gasteiger partial charge in [-0.25, -0.2) is 0 Å². The second-order valence-electron chi connectivity index (χ2n) is 3.49. The van der Waals surface area contributed by atoms with E-state index in [1.807, 2.05) is 31.2 Å². The minimum absolute atomic E-state index is 0.0802. The summed E-state index contributed by atoms with van der Waals surface area (Å²) in [5, 5.41) is 3.54. The molecular formula is C12H9ClINOS. The zero-order valence-corrected chi connectivity index (χ0v) is 12.7. The largest absolute Gasteiger partial charge is 0.320 e. The first-order valence-corrected chi connectivity index (χ1v) is 7.16. The topological polar surface area (TPSA) is 29.1 Å². The lowest BCUT2D eigenvalue weighted by Crippen LogP contribution is -2.11. The van der Waals surface area contributed by atoms with Crippen molar-refractivity contribution in [2.24, 2.45) is 0 Å². The predicted octanol–water partition coefficient (Wildman–Crippen LogP) is 4.57. The van der Waals surface area contributed by atoms with Gasteiger partial charge in [0, 0.05) is 13.5 Å². The first-order chi connectivity index (χ1) is 8.06. The molecule has 1 aromatic carbocycles. The summed E-state index contributed by atoms with van der Waals surface area (Å²) in [6.45, 7) is 1.98. The molecule has 17 heavy (non-hydrogen) atoms. The lowest BCUT2D eigenvalue weighted by molar-refractivity contribution is 0.103. The van der Waals surface area contributed by atoms with Crippen molar-refractivity contribution < 1.29 is 4.79 Å². The molecule has 0 spiro atoms. The Hall–Kier alpha value is -0.590. The van der Waals surface area contributed by atoms with Gasteiger partial charge in [-0.1, -0.05) is 11.6 Å². The summed E-state index contributed by atoms with van der Waals surface area (Å²) in [7, 11) is 0. The van der Waals surface area contributed by atoms with Crippen molar-refractivity contribution in [2.45, 2.75) is 6.92 Å². The highest BCUT2D eigenvalue weighted by atomic mass is 127. The summed E-state index contributed by atoms with van der Waals surface area (Å²) in [4.78, 5) is 13.8. The van der Waals surface area contributed by atoms with Crippen molar-refractivity contribution in [1.29, 1.82) is 0 Å². The van der Waals surface area contributed by atoms with E-state index < -0.39 is 0 Å². The molecule has 1 heterocycles. The number of benzene rings is 1. The third-order valence-corrected chi connectivity index (χ3v) is 4.27. The fourth-order valence-electron chi connectivity index (χ4n) is 1.33. The highest BCUT2D eigenvalue weighted by molar-refractivity contribution is 14.1. The maximum atomic E-state index is 11.9. The number of carbonyl (C=O) groups is 1. The molecule has 1 N–H and O–H groups in total. The molecule has 0 bridgehead atoms. The Labute approximate surface area is 122 Å². The number of thiophene rings is 1. The number of amides is 1. The van der Waals surface area contributed by atoms with Gasteiger partial charge < -0.3 is 5.32 Å². The maximum absolute atomic E-state index is 11.9. The predicted molar refractivity (Wildman–Crippen MR) is 81.2 cm³/mol. The second-order valence-corrected chi connectivity index (χ2v) is 6.38. The van der Waals surface area contributed by atoms with Crippen LogP contribution in [0.1, 0.15) is 14.5 Å². The molecule has 0 saturated carbocycles. The summed E-state index contributed by atoms with van der Waals surface area (Å²) in [6.07, 6.45) is 0. The zero-order valence-electron chi connectivity index (χ0n) is 8.96. The number of hydrogen-bond donors (Lipinski definition) is 1. The number of nitrogens with one attached hydrogen (secondary N) is 1. The molecule has 5 heteroatoms. The molecule has 0 unspecified atom stereocenters. The normalized spacial score (nSPS) is 10.3. The molecule has 0 aliphatic rings. The van der Waals surface area contributed by atoms with Crippen LogP contribution in [0.4, 0.5) is 5.69 Å². The van der Waals surface area contributed by atoms with Crippen LogP contribution in [0.5, 0.6) is 0 Å². The minimum Gasteiger partial charge on any atom is -0.320 e. The third-order valence-electron chi connectivity index (χ3n) is 2.14. The Morgan fingerprint density at radius 1 is 1.35 bits per heavy atom. The van der Waals surface area contributed by atoms with Crippen LogP contribution in [-0.4, -0.2) is 5.91 Å². The van der Waals surface area contributed by atoms with Gasteiger partial charge in [0.2, 0.25) is 0 Å². The van der Waals surface area contributed by atoms with Gasteiger partial charge in [-0.15, -0.1) is 11.3 Å². The molecule has 88 valence electrons. The van der Waals surface area contributed by atoms with Gasteiger partial charge in [-0.05, 0) is 59.8 Å². The molecule has 0 aliphatic carbocycles. The summed E-state index contributed by atoms with van der Waals surface area (Å²) in [6, 6.07) is 9.16.